The van der Waals surface area contributed by atoms with Gasteiger partial charge in [0.05, 0.1) is 6.61 Å². The fourth-order valence-corrected chi connectivity index (χ4v) is 2.42. The maximum atomic E-state index is 6.13. The van der Waals surface area contributed by atoms with E-state index in [1.54, 1.807) is 0 Å². The zero-order chi connectivity index (χ0) is 15.8. The summed E-state index contributed by atoms with van der Waals surface area (Å²) in [6.45, 7) is 5.80. The van der Waals surface area contributed by atoms with Gasteiger partial charge in [-0.05, 0) is 48.7 Å². The lowest BCUT2D eigenvalue weighted by atomic mass is 10.1. The summed E-state index contributed by atoms with van der Waals surface area (Å²) in [5.41, 5.74) is 3.38. The first-order valence-electron chi connectivity index (χ1n) is 7.91. The topological polar surface area (TPSA) is 21.3 Å². The van der Waals surface area contributed by atoms with Gasteiger partial charge < -0.3 is 10.1 Å². The lowest BCUT2D eigenvalue weighted by molar-refractivity contribution is 0.306. The summed E-state index contributed by atoms with van der Waals surface area (Å²) in [6.07, 6.45) is 3.56. The summed E-state index contributed by atoms with van der Waals surface area (Å²) in [6, 6.07) is 14.2. The molecule has 3 heteroatoms. The van der Waals surface area contributed by atoms with Gasteiger partial charge in [0.25, 0.3) is 0 Å². The van der Waals surface area contributed by atoms with Crippen molar-refractivity contribution in [3.8, 4) is 5.75 Å². The Bertz CT molecular complexity index is 580. The molecule has 2 aromatic carbocycles. The summed E-state index contributed by atoms with van der Waals surface area (Å²) >= 11 is 6.13. The Morgan fingerprint density at radius 2 is 1.82 bits per heavy atom. The lowest BCUT2D eigenvalue weighted by Crippen LogP contribution is -2.01. The minimum atomic E-state index is 0.775. The van der Waals surface area contributed by atoms with Gasteiger partial charge in [0, 0.05) is 17.3 Å². The van der Waals surface area contributed by atoms with Gasteiger partial charge in [0.15, 0.2) is 0 Å². The van der Waals surface area contributed by atoms with E-state index in [2.05, 4.69) is 24.4 Å². The number of hydrogen-bond donors (Lipinski definition) is 1. The molecule has 0 spiro atoms. The molecule has 0 heterocycles. The number of nitrogens with one attached hydrogen (secondary N) is 1. The van der Waals surface area contributed by atoms with Crippen LogP contribution in [-0.2, 0) is 6.54 Å². The van der Waals surface area contributed by atoms with Crippen molar-refractivity contribution in [2.75, 3.05) is 11.9 Å². The highest BCUT2D eigenvalue weighted by atomic mass is 35.5. The largest absolute Gasteiger partial charge is 0.494 e. The number of ether oxygens (including phenoxy) is 1. The molecule has 0 fully saturated rings. The standard InChI is InChI=1S/C19H24ClNO/c1-3-4-5-13-22-17-11-9-16(10-12-17)14-21-19-8-6-7-18(20)15(19)2/h6-12,21H,3-5,13-14H2,1-2H3. The molecule has 22 heavy (non-hydrogen) atoms. The maximum absolute atomic E-state index is 6.13. The molecule has 1 N–H and O–H groups in total. The number of anilines is 1. The van der Waals surface area contributed by atoms with Crippen LogP contribution in [0.2, 0.25) is 5.02 Å². The Morgan fingerprint density at radius 1 is 1.05 bits per heavy atom. The van der Waals surface area contributed by atoms with Crippen molar-refractivity contribution in [2.24, 2.45) is 0 Å². The van der Waals surface area contributed by atoms with Gasteiger partial charge >= 0.3 is 0 Å². The molecular weight excluding hydrogens is 294 g/mol. The predicted molar refractivity (Wildman–Crippen MR) is 95.0 cm³/mol. The van der Waals surface area contributed by atoms with Crippen LogP contribution < -0.4 is 10.1 Å². The van der Waals surface area contributed by atoms with Crippen LogP contribution in [0.25, 0.3) is 0 Å². The molecule has 0 unspecified atom stereocenters. The molecule has 0 aliphatic carbocycles. The molecule has 118 valence electrons. The van der Waals surface area contributed by atoms with Crippen molar-refractivity contribution >= 4 is 17.3 Å². The van der Waals surface area contributed by atoms with Gasteiger partial charge in [0.1, 0.15) is 5.75 Å². The third-order valence-electron chi connectivity index (χ3n) is 3.69. The number of benzene rings is 2. The van der Waals surface area contributed by atoms with E-state index in [0.29, 0.717) is 0 Å². The molecule has 0 bridgehead atoms. The van der Waals surface area contributed by atoms with Crippen molar-refractivity contribution in [1.29, 1.82) is 0 Å². The first-order chi connectivity index (χ1) is 10.7. The first kappa shape index (κ1) is 16.7. The van der Waals surface area contributed by atoms with E-state index < -0.39 is 0 Å². The monoisotopic (exact) mass is 317 g/mol. The number of rotatable bonds is 8. The fraction of sp³-hybridized carbons (Fsp3) is 0.368. The molecule has 0 radical (unpaired) electrons. The summed E-state index contributed by atoms with van der Waals surface area (Å²) < 4.78 is 5.72. The number of halogens is 1. The summed E-state index contributed by atoms with van der Waals surface area (Å²) in [7, 11) is 0. The van der Waals surface area contributed by atoms with Gasteiger partial charge in [-0.15, -0.1) is 0 Å². The van der Waals surface area contributed by atoms with Crippen LogP contribution in [0.5, 0.6) is 5.75 Å². The predicted octanol–water partition coefficient (Wildman–Crippen LogP) is 5.83. The number of unbranched alkanes of at least 4 members (excludes halogenated alkanes) is 2. The van der Waals surface area contributed by atoms with Crippen LogP contribution in [-0.4, -0.2) is 6.61 Å². The Hall–Kier alpha value is -1.67. The molecule has 0 amide bonds. The van der Waals surface area contributed by atoms with Gasteiger partial charge in [-0.1, -0.05) is 49.6 Å². The van der Waals surface area contributed by atoms with Crippen LogP contribution in [0, 0.1) is 6.92 Å². The quantitative estimate of drug-likeness (QED) is 0.618. The second-order valence-corrected chi connectivity index (χ2v) is 5.87. The van der Waals surface area contributed by atoms with Gasteiger partial charge in [-0.2, -0.15) is 0 Å². The highest BCUT2D eigenvalue weighted by Gasteiger charge is 2.02. The van der Waals surface area contributed by atoms with Gasteiger partial charge in [-0.25, -0.2) is 0 Å². The molecule has 0 aromatic heterocycles. The van der Waals surface area contributed by atoms with Gasteiger partial charge in [0.2, 0.25) is 0 Å². The van der Waals surface area contributed by atoms with Crippen LogP contribution in [0.3, 0.4) is 0 Å². The Labute approximate surface area is 138 Å². The maximum Gasteiger partial charge on any atom is 0.119 e. The van der Waals surface area contributed by atoms with E-state index >= 15 is 0 Å². The van der Waals surface area contributed by atoms with E-state index in [-0.39, 0.29) is 0 Å². The Kier molecular flexibility index (Phi) is 6.60. The average molecular weight is 318 g/mol. The molecule has 2 nitrogen and oxygen atoms in total. The number of hydrogen-bond acceptors (Lipinski definition) is 2. The second kappa shape index (κ2) is 8.70. The zero-order valence-corrected chi connectivity index (χ0v) is 14.1. The third kappa shape index (κ3) is 4.96. The van der Waals surface area contributed by atoms with Crippen molar-refractivity contribution in [3.05, 3.63) is 58.6 Å². The highest BCUT2D eigenvalue weighted by Crippen LogP contribution is 2.23. The summed E-state index contributed by atoms with van der Waals surface area (Å²) in [4.78, 5) is 0. The highest BCUT2D eigenvalue weighted by molar-refractivity contribution is 6.31. The van der Waals surface area contributed by atoms with E-state index in [4.69, 9.17) is 16.3 Å². The smallest absolute Gasteiger partial charge is 0.119 e. The van der Waals surface area contributed by atoms with Crippen molar-refractivity contribution in [2.45, 2.75) is 39.7 Å². The van der Waals surface area contributed by atoms with Gasteiger partial charge in [-0.3, -0.25) is 0 Å². The van der Waals surface area contributed by atoms with E-state index in [0.717, 1.165) is 41.6 Å². The van der Waals surface area contributed by atoms with Crippen molar-refractivity contribution < 1.29 is 4.74 Å². The molecule has 0 atom stereocenters. The van der Waals surface area contributed by atoms with Crippen LogP contribution >= 0.6 is 11.6 Å². The molecular formula is C19H24ClNO. The normalized spacial score (nSPS) is 10.5. The Balaban J connectivity index is 1.85. The summed E-state index contributed by atoms with van der Waals surface area (Å²) in [5.74, 6) is 0.943. The van der Waals surface area contributed by atoms with Crippen molar-refractivity contribution in [3.63, 3.8) is 0 Å². The molecule has 0 aliphatic heterocycles. The van der Waals surface area contributed by atoms with E-state index in [1.807, 2.05) is 37.3 Å². The average Bonchev–Trinajstić information content (AvgIpc) is 2.54. The fourth-order valence-electron chi connectivity index (χ4n) is 2.24. The zero-order valence-electron chi connectivity index (χ0n) is 13.4. The first-order valence-corrected chi connectivity index (χ1v) is 8.29. The lowest BCUT2D eigenvalue weighted by Gasteiger charge is -2.11. The van der Waals surface area contributed by atoms with E-state index in [1.165, 1.54) is 18.4 Å². The molecule has 0 saturated carbocycles. The minimum Gasteiger partial charge on any atom is -0.494 e. The second-order valence-electron chi connectivity index (χ2n) is 5.47. The van der Waals surface area contributed by atoms with Crippen LogP contribution in [0.4, 0.5) is 5.69 Å². The molecule has 2 aromatic rings. The Morgan fingerprint density at radius 3 is 2.55 bits per heavy atom. The van der Waals surface area contributed by atoms with Crippen LogP contribution in [0.1, 0.15) is 37.3 Å². The SMILES string of the molecule is CCCCCOc1ccc(CNc2cccc(Cl)c2C)cc1. The molecule has 0 saturated heterocycles. The van der Waals surface area contributed by atoms with Crippen molar-refractivity contribution in [1.82, 2.24) is 0 Å². The van der Waals surface area contributed by atoms with Crippen LogP contribution in [0.15, 0.2) is 42.5 Å². The third-order valence-corrected chi connectivity index (χ3v) is 4.10. The summed E-state index contributed by atoms with van der Waals surface area (Å²) in [5, 5.41) is 4.22. The minimum absolute atomic E-state index is 0.775. The molecule has 2 rings (SSSR count). The van der Waals surface area contributed by atoms with E-state index in [9.17, 15) is 0 Å². The molecule has 0 aliphatic rings.